The van der Waals surface area contributed by atoms with Crippen LogP contribution in [0.5, 0.6) is 0 Å². The van der Waals surface area contributed by atoms with E-state index in [2.05, 4.69) is 35.1 Å². The molecule has 0 saturated heterocycles. The topological polar surface area (TPSA) is 12.0 Å². The largest absolute Gasteiger partial charge is 0.379 e. The molecule has 1 fully saturated rings. The number of benzene rings is 1. The summed E-state index contributed by atoms with van der Waals surface area (Å²) in [5.74, 6) is 1.42. The quantitative estimate of drug-likeness (QED) is 0.712. The molecule has 0 spiro atoms. The maximum atomic E-state index is 13.8. The predicted octanol–water partition coefficient (Wildman–Crippen LogP) is 5.61. The fourth-order valence-corrected chi connectivity index (χ4v) is 3.44. The van der Waals surface area contributed by atoms with Gasteiger partial charge in [0.2, 0.25) is 0 Å². The van der Waals surface area contributed by atoms with Gasteiger partial charge in [-0.05, 0) is 59.2 Å². The van der Waals surface area contributed by atoms with Crippen molar-refractivity contribution < 1.29 is 4.39 Å². The highest BCUT2D eigenvalue weighted by atomic mass is 79.9. The van der Waals surface area contributed by atoms with Gasteiger partial charge in [-0.3, -0.25) is 0 Å². The Balaban J connectivity index is 2.00. The molecule has 0 bridgehead atoms. The van der Waals surface area contributed by atoms with Crippen molar-refractivity contribution in [3.05, 3.63) is 28.5 Å². The summed E-state index contributed by atoms with van der Waals surface area (Å²) >= 11 is 3.43. The summed E-state index contributed by atoms with van der Waals surface area (Å²) in [6.07, 6.45) is 6.09. The fourth-order valence-electron chi connectivity index (χ4n) is 2.98. The van der Waals surface area contributed by atoms with Crippen LogP contribution in [-0.4, -0.2) is 6.04 Å². The molecule has 1 aromatic rings. The Hall–Kier alpha value is -0.570. The number of halogens is 2. The summed E-state index contributed by atoms with van der Waals surface area (Å²) in [6.45, 7) is 4.62. The van der Waals surface area contributed by atoms with Gasteiger partial charge in [0.05, 0.1) is 5.69 Å². The second kappa shape index (κ2) is 6.74. The summed E-state index contributed by atoms with van der Waals surface area (Å²) in [7, 11) is 0. The summed E-state index contributed by atoms with van der Waals surface area (Å²) in [5.41, 5.74) is 0.621. The maximum Gasteiger partial charge on any atom is 0.147 e. The molecule has 2 atom stereocenters. The van der Waals surface area contributed by atoms with Crippen LogP contribution >= 0.6 is 15.9 Å². The molecule has 0 amide bonds. The summed E-state index contributed by atoms with van der Waals surface area (Å²) in [4.78, 5) is 0. The van der Waals surface area contributed by atoms with Crippen molar-refractivity contribution in [1.29, 1.82) is 0 Å². The van der Waals surface area contributed by atoms with Gasteiger partial charge in [-0.1, -0.05) is 32.8 Å². The van der Waals surface area contributed by atoms with Crippen LogP contribution in [0, 0.1) is 17.7 Å². The Morgan fingerprint density at radius 3 is 2.68 bits per heavy atom. The average molecular weight is 328 g/mol. The van der Waals surface area contributed by atoms with Crippen molar-refractivity contribution in [2.45, 2.75) is 52.0 Å². The smallest absolute Gasteiger partial charge is 0.147 e. The molecule has 0 heterocycles. The van der Waals surface area contributed by atoms with E-state index in [0.29, 0.717) is 11.7 Å². The number of para-hydroxylation sites is 1. The van der Waals surface area contributed by atoms with Crippen LogP contribution in [-0.2, 0) is 0 Å². The Morgan fingerprint density at radius 2 is 2.00 bits per heavy atom. The number of rotatable bonds is 3. The molecule has 19 heavy (non-hydrogen) atoms. The molecule has 1 aromatic carbocycles. The molecule has 2 rings (SSSR count). The first-order valence-corrected chi connectivity index (χ1v) is 8.07. The van der Waals surface area contributed by atoms with Gasteiger partial charge in [-0.25, -0.2) is 4.39 Å². The van der Waals surface area contributed by atoms with Crippen LogP contribution in [0.25, 0.3) is 0 Å². The van der Waals surface area contributed by atoms with Crippen molar-refractivity contribution in [1.82, 2.24) is 0 Å². The summed E-state index contributed by atoms with van der Waals surface area (Å²) < 4.78 is 14.6. The minimum atomic E-state index is -0.168. The monoisotopic (exact) mass is 327 g/mol. The number of hydrogen-bond donors (Lipinski definition) is 1. The van der Waals surface area contributed by atoms with Crippen LogP contribution < -0.4 is 5.32 Å². The van der Waals surface area contributed by atoms with Gasteiger partial charge in [-0.2, -0.15) is 0 Å². The molecule has 0 aliphatic heterocycles. The zero-order chi connectivity index (χ0) is 13.8. The van der Waals surface area contributed by atoms with E-state index in [4.69, 9.17) is 0 Å². The van der Waals surface area contributed by atoms with E-state index in [9.17, 15) is 4.39 Å². The van der Waals surface area contributed by atoms with Crippen molar-refractivity contribution in [3.8, 4) is 0 Å². The van der Waals surface area contributed by atoms with E-state index in [1.165, 1.54) is 25.3 Å². The zero-order valence-electron chi connectivity index (χ0n) is 11.8. The molecular formula is C16H23BrFN. The molecule has 1 saturated carbocycles. The lowest BCUT2D eigenvalue weighted by molar-refractivity contribution is 0.341. The van der Waals surface area contributed by atoms with E-state index in [0.717, 1.165) is 29.2 Å². The SMILES string of the molecule is CC(C)C1CCCC(Nc2c(F)cccc2Br)CC1. The van der Waals surface area contributed by atoms with Gasteiger partial charge in [-0.15, -0.1) is 0 Å². The first kappa shape index (κ1) is 14.8. The third-order valence-electron chi connectivity index (χ3n) is 4.27. The third-order valence-corrected chi connectivity index (χ3v) is 4.93. The molecule has 2 unspecified atom stereocenters. The maximum absolute atomic E-state index is 13.8. The highest BCUT2D eigenvalue weighted by Crippen LogP contribution is 2.32. The van der Waals surface area contributed by atoms with Gasteiger partial charge < -0.3 is 5.32 Å². The minimum Gasteiger partial charge on any atom is -0.379 e. The normalized spacial score (nSPS) is 24.3. The van der Waals surface area contributed by atoms with Gasteiger partial charge in [0.15, 0.2) is 0 Å². The molecule has 106 valence electrons. The average Bonchev–Trinajstić information content (AvgIpc) is 2.59. The van der Waals surface area contributed by atoms with Gasteiger partial charge in [0.25, 0.3) is 0 Å². The molecule has 1 N–H and O–H groups in total. The third kappa shape index (κ3) is 3.95. The molecule has 0 radical (unpaired) electrons. The van der Waals surface area contributed by atoms with Crippen molar-refractivity contribution >= 4 is 21.6 Å². The van der Waals surface area contributed by atoms with E-state index in [1.54, 1.807) is 6.07 Å². The van der Waals surface area contributed by atoms with Gasteiger partial charge >= 0.3 is 0 Å². The molecule has 3 heteroatoms. The summed E-state index contributed by atoms with van der Waals surface area (Å²) in [6, 6.07) is 5.53. The number of hydrogen-bond acceptors (Lipinski definition) is 1. The standard InChI is InChI=1S/C16H23BrFN/c1-11(2)12-5-3-6-13(10-9-12)19-16-14(17)7-4-8-15(16)18/h4,7-8,11-13,19H,3,5-6,9-10H2,1-2H3. The summed E-state index contributed by atoms with van der Waals surface area (Å²) in [5, 5.41) is 3.40. The molecule has 1 aliphatic carbocycles. The lowest BCUT2D eigenvalue weighted by Gasteiger charge is -2.20. The fraction of sp³-hybridized carbons (Fsp3) is 0.625. The Labute approximate surface area is 124 Å². The molecular weight excluding hydrogens is 305 g/mol. The van der Waals surface area contributed by atoms with E-state index >= 15 is 0 Å². The second-order valence-electron chi connectivity index (χ2n) is 5.95. The lowest BCUT2D eigenvalue weighted by atomic mass is 9.89. The van der Waals surface area contributed by atoms with Crippen molar-refractivity contribution in [2.24, 2.45) is 11.8 Å². The van der Waals surface area contributed by atoms with E-state index in [1.807, 2.05) is 6.07 Å². The highest BCUT2D eigenvalue weighted by Gasteiger charge is 2.22. The number of anilines is 1. The van der Waals surface area contributed by atoms with E-state index < -0.39 is 0 Å². The van der Waals surface area contributed by atoms with Gasteiger partial charge in [0, 0.05) is 10.5 Å². The minimum absolute atomic E-state index is 0.168. The Kier molecular flexibility index (Phi) is 5.26. The Morgan fingerprint density at radius 1 is 1.21 bits per heavy atom. The van der Waals surface area contributed by atoms with Gasteiger partial charge in [0.1, 0.15) is 5.82 Å². The van der Waals surface area contributed by atoms with Crippen LogP contribution in [0.4, 0.5) is 10.1 Å². The highest BCUT2D eigenvalue weighted by molar-refractivity contribution is 9.10. The number of nitrogens with one attached hydrogen (secondary N) is 1. The van der Waals surface area contributed by atoms with Crippen LogP contribution in [0.1, 0.15) is 46.0 Å². The predicted molar refractivity (Wildman–Crippen MR) is 82.9 cm³/mol. The molecule has 1 nitrogen and oxygen atoms in total. The van der Waals surface area contributed by atoms with Crippen molar-refractivity contribution in [2.75, 3.05) is 5.32 Å². The van der Waals surface area contributed by atoms with Crippen LogP contribution in [0.15, 0.2) is 22.7 Å². The molecule has 1 aliphatic rings. The van der Waals surface area contributed by atoms with Crippen LogP contribution in [0.2, 0.25) is 0 Å². The Bertz CT molecular complexity index is 399. The van der Waals surface area contributed by atoms with Crippen LogP contribution in [0.3, 0.4) is 0 Å². The molecule has 0 aromatic heterocycles. The zero-order valence-corrected chi connectivity index (χ0v) is 13.3. The lowest BCUT2D eigenvalue weighted by Crippen LogP contribution is -2.19. The second-order valence-corrected chi connectivity index (χ2v) is 6.80. The van der Waals surface area contributed by atoms with E-state index in [-0.39, 0.29) is 5.82 Å². The first-order valence-electron chi connectivity index (χ1n) is 7.28. The first-order chi connectivity index (χ1) is 9.08. The van der Waals surface area contributed by atoms with Crippen molar-refractivity contribution in [3.63, 3.8) is 0 Å².